The van der Waals surface area contributed by atoms with Crippen molar-refractivity contribution in [1.29, 1.82) is 0 Å². The van der Waals surface area contributed by atoms with Gasteiger partial charge in [0.25, 0.3) is 0 Å². The van der Waals surface area contributed by atoms with Crippen molar-refractivity contribution in [3.63, 3.8) is 0 Å². The Morgan fingerprint density at radius 1 is 1.13 bits per heavy atom. The molecule has 1 aliphatic heterocycles. The van der Waals surface area contributed by atoms with Crippen molar-refractivity contribution in [2.24, 2.45) is 5.92 Å². The van der Waals surface area contributed by atoms with Crippen LogP contribution in [0.2, 0.25) is 0 Å². The van der Waals surface area contributed by atoms with Gasteiger partial charge in [0.2, 0.25) is 12.3 Å². The Hall–Kier alpha value is -2.66. The highest BCUT2D eigenvalue weighted by Gasteiger charge is 2.37. The highest BCUT2D eigenvalue weighted by Crippen LogP contribution is 2.34. The van der Waals surface area contributed by atoms with Crippen LogP contribution in [-0.2, 0) is 9.59 Å². The molecule has 1 heterocycles. The van der Waals surface area contributed by atoms with Gasteiger partial charge in [-0.1, -0.05) is 61.0 Å². The predicted octanol–water partition coefficient (Wildman–Crippen LogP) is 4.34. The number of amides is 2. The second-order valence-electron chi connectivity index (χ2n) is 8.55. The monoisotopic (exact) mass is 421 g/mol. The lowest BCUT2D eigenvalue weighted by atomic mass is 9.92. The highest BCUT2D eigenvalue weighted by molar-refractivity contribution is 5.87. The van der Waals surface area contributed by atoms with Gasteiger partial charge in [-0.15, -0.1) is 0 Å². The molecule has 0 aromatic heterocycles. The molecule has 2 amide bonds. The molecule has 1 saturated heterocycles. The second-order valence-corrected chi connectivity index (χ2v) is 8.55. The third-order valence-electron chi connectivity index (χ3n) is 6.09. The van der Waals surface area contributed by atoms with Gasteiger partial charge in [-0.3, -0.25) is 9.59 Å². The zero-order valence-electron chi connectivity index (χ0n) is 18.7. The molecule has 2 atom stereocenters. The number of rotatable bonds is 8. The molecular weight excluding hydrogens is 386 g/mol. The van der Waals surface area contributed by atoms with Crippen LogP contribution >= 0.6 is 0 Å². The van der Waals surface area contributed by atoms with Crippen LogP contribution in [0.1, 0.15) is 49.7 Å². The zero-order valence-corrected chi connectivity index (χ0v) is 18.7. The van der Waals surface area contributed by atoms with Gasteiger partial charge in [-0.2, -0.15) is 0 Å². The van der Waals surface area contributed by atoms with Crippen LogP contribution in [0, 0.1) is 12.8 Å². The Bertz CT molecular complexity index is 830. The minimum Gasteiger partial charge on any atom is -0.339 e. The summed E-state index contributed by atoms with van der Waals surface area (Å²) in [6, 6.07) is 18.3. The number of benzene rings is 2. The first-order valence-corrected chi connectivity index (χ1v) is 11.5. The first kappa shape index (κ1) is 23.0. The van der Waals surface area contributed by atoms with Gasteiger partial charge in [0.05, 0.1) is 5.92 Å². The van der Waals surface area contributed by atoms with Crippen molar-refractivity contribution in [2.45, 2.75) is 51.5 Å². The molecule has 0 bridgehead atoms. The maximum atomic E-state index is 13.3. The van der Waals surface area contributed by atoms with Crippen LogP contribution in [0.5, 0.6) is 0 Å². The van der Waals surface area contributed by atoms with E-state index in [0.29, 0.717) is 18.4 Å². The molecule has 0 spiro atoms. The van der Waals surface area contributed by atoms with Crippen LogP contribution in [-0.4, -0.2) is 42.9 Å². The summed E-state index contributed by atoms with van der Waals surface area (Å²) in [4.78, 5) is 26.3. The Kier molecular flexibility index (Phi) is 8.65. The number of hydrogen-bond acceptors (Lipinski definition) is 3. The van der Waals surface area contributed by atoms with Crippen LogP contribution in [0.25, 0.3) is 0 Å². The first-order chi connectivity index (χ1) is 15.1. The Morgan fingerprint density at radius 3 is 2.39 bits per heavy atom. The zero-order chi connectivity index (χ0) is 22.1. The Balaban J connectivity index is 0.000000330. The fraction of sp³-hybridized carbons (Fsp3) is 0.462. The van der Waals surface area contributed by atoms with E-state index in [-0.39, 0.29) is 11.8 Å². The molecule has 5 heteroatoms. The predicted molar refractivity (Wildman–Crippen MR) is 126 cm³/mol. The lowest BCUT2D eigenvalue weighted by Crippen LogP contribution is -2.40. The fourth-order valence-electron chi connectivity index (χ4n) is 4.21. The number of carbonyl (C=O) groups is 2. The van der Waals surface area contributed by atoms with E-state index in [0.717, 1.165) is 56.6 Å². The topological polar surface area (TPSA) is 61.4 Å². The SMILES string of the molecule is CCC(C(=O)N(CC1CCNC1)C1CC1)c1ccccc1NC=O.Cc1ccccc1. The lowest BCUT2D eigenvalue weighted by Gasteiger charge is -2.30. The lowest BCUT2D eigenvalue weighted by molar-refractivity contribution is -0.134. The third-order valence-corrected chi connectivity index (χ3v) is 6.09. The summed E-state index contributed by atoms with van der Waals surface area (Å²) in [5, 5.41) is 6.13. The molecule has 2 unspecified atom stereocenters. The van der Waals surface area contributed by atoms with Crippen LogP contribution in [0.3, 0.4) is 0 Å². The first-order valence-electron chi connectivity index (χ1n) is 11.5. The second kappa shape index (κ2) is 11.7. The quantitative estimate of drug-likeness (QED) is 0.623. The van der Waals surface area contributed by atoms with Gasteiger partial charge in [-0.25, -0.2) is 0 Å². The number of hydrogen-bond donors (Lipinski definition) is 2. The van der Waals surface area contributed by atoms with Crippen molar-refractivity contribution >= 4 is 18.0 Å². The molecule has 4 rings (SSSR count). The molecule has 2 N–H and O–H groups in total. The number of nitrogens with one attached hydrogen (secondary N) is 2. The van der Waals surface area contributed by atoms with Crippen molar-refractivity contribution in [1.82, 2.24) is 10.2 Å². The number of nitrogens with zero attached hydrogens (tertiary/aromatic N) is 1. The smallest absolute Gasteiger partial charge is 0.230 e. The molecule has 2 aromatic carbocycles. The summed E-state index contributed by atoms with van der Waals surface area (Å²) in [7, 11) is 0. The number of anilines is 1. The van der Waals surface area contributed by atoms with Gasteiger partial charge in [0.15, 0.2) is 0 Å². The van der Waals surface area contributed by atoms with Gasteiger partial charge in [0.1, 0.15) is 0 Å². The van der Waals surface area contributed by atoms with E-state index in [2.05, 4.69) is 34.6 Å². The summed E-state index contributed by atoms with van der Waals surface area (Å²) in [5.41, 5.74) is 2.99. The average molecular weight is 422 g/mol. The molecular formula is C26H35N3O2. The number of para-hydroxylation sites is 1. The highest BCUT2D eigenvalue weighted by atomic mass is 16.2. The van der Waals surface area contributed by atoms with Crippen molar-refractivity contribution in [3.05, 3.63) is 65.7 Å². The minimum absolute atomic E-state index is 0.191. The summed E-state index contributed by atoms with van der Waals surface area (Å²) < 4.78 is 0. The van der Waals surface area contributed by atoms with E-state index in [1.807, 2.05) is 49.4 Å². The van der Waals surface area contributed by atoms with E-state index in [4.69, 9.17) is 0 Å². The summed E-state index contributed by atoms with van der Waals surface area (Å²) >= 11 is 0. The summed E-state index contributed by atoms with van der Waals surface area (Å²) in [6.07, 6.45) is 4.81. The molecule has 1 aliphatic carbocycles. The van der Waals surface area contributed by atoms with Gasteiger partial charge in [-0.05, 0) is 63.2 Å². The van der Waals surface area contributed by atoms with Crippen molar-refractivity contribution < 1.29 is 9.59 Å². The van der Waals surface area contributed by atoms with Gasteiger partial charge in [0, 0.05) is 18.3 Å². The summed E-state index contributed by atoms with van der Waals surface area (Å²) in [5.74, 6) is 0.589. The minimum atomic E-state index is -0.191. The number of aryl methyl sites for hydroxylation is 1. The Labute approximate surface area is 186 Å². The Morgan fingerprint density at radius 2 is 1.84 bits per heavy atom. The average Bonchev–Trinajstić information content (AvgIpc) is 3.50. The van der Waals surface area contributed by atoms with E-state index < -0.39 is 0 Å². The fourth-order valence-corrected chi connectivity index (χ4v) is 4.21. The molecule has 2 aliphatic rings. The van der Waals surface area contributed by atoms with Gasteiger partial charge < -0.3 is 15.5 Å². The normalized spacial score (nSPS) is 18.5. The maximum Gasteiger partial charge on any atom is 0.230 e. The standard InChI is InChI=1S/C19H27N3O2.C7H8/c1-2-16(17-5-3-4-6-18(17)21-13-23)19(24)22(15-7-8-15)12-14-9-10-20-11-14;1-7-5-3-2-4-6-7/h3-6,13-16,20H,2,7-12H2,1H3,(H,21,23);2-6H,1H3. The van der Waals surface area contributed by atoms with Gasteiger partial charge >= 0.3 is 0 Å². The summed E-state index contributed by atoms with van der Waals surface area (Å²) in [6.45, 7) is 7.05. The molecule has 1 saturated carbocycles. The van der Waals surface area contributed by atoms with E-state index >= 15 is 0 Å². The third kappa shape index (κ3) is 6.66. The molecule has 2 fully saturated rings. The molecule has 31 heavy (non-hydrogen) atoms. The van der Waals surface area contributed by atoms with Crippen molar-refractivity contribution in [3.8, 4) is 0 Å². The molecule has 2 aromatic rings. The van der Waals surface area contributed by atoms with E-state index in [1.165, 1.54) is 5.56 Å². The van der Waals surface area contributed by atoms with Crippen molar-refractivity contribution in [2.75, 3.05) is 25.0 Å². The van der Waals surface area contributed by atoms with E-state index in [9.17, 15) is 9.59 Å². The number of carbonyl (C=O) groups excluding carboxylic acids is 2. The largest absolute Gasteiger partial charge is 0.339 e. The molecule has 0 radical (unpaired) electrons. The molecule has 166 valence electrons. The van der Waals surface area contributed by atoms with Crippen LogP contribution in [0.15, 0.2) is 54.6 Å². The van der Waals surface area contributed by atoms with Crippen LogP contribution < -0.4 is 10.6 Å². The maximum absolute atomic E-state index is 13.3. The van der Waals surface area contributed by atoms with E-state index in [1.54, 1.807) is 0 Å². The van der Waals surface area contributed by atoms with Crippen LogP contribution in [0.4, 0.5) is 5.69 Å². The molecule has 5 nitrogen and oxygen atoms in total.